The molecular weight excluding hydrogens is 186 g/mol. The van der Waals surface area contributed by atoms with Gasteiger partial charge in [-0.2, -0.15) is 0 Å². The zero-order valence-corrected chi connectivity index (χ0v) is 9.06. The van der Waals surface area contributed by atoms with Crippen molar-refractivity contribution in [3.05, 3.63) is 10.1 Å². The number of hydrogen-bond donors (Lipinski definition) is 0. The molecule has 1 aliphatic rings. The van der Waals surface area contributed by atoms with Crippen LogP contribution < -0.4 is 0 Å². The zero-order chi connectivity index (χ0) is 11.0. The molecule has 0 aliphatic heterocycles. The van der Waals surface area contributed by atoms with E-state index in [0.29, 0.717) is 6.42 Å². The van der Waals surface area contributed by atoms with Gasteiger partial charge in [-0.1, -0.05) is 6.42 Å². The molecule has 0 N–H and O–H groups in total. The van der Waals surface area contributed by atoms with Crippen LogP contribution in [-0.2, 0) is 9.47 Å². The highest BCUT2D eigenvalue weighted by atomic mass is 16.6. The highest BCUT2D eigenvalue weighted by Crippen LogP contribution is 2.22. The molecule has 0 aromatic carbocycles. The van der Waals surface area contributed by atoms with E-state index >= 15 is 0 Å². The molecule has 0 spiro atoms. The summed E-state index contributed by atoms with van der Waals surface area (Å²) in [6, 6.07) is -0.464. The molecule has 0 aromatic rings. The Kier molecular flexibility index (Phi) is 7.32. The van der Waals surface area contributed by atoms with Crippen molar-refractivity contribution in [3.8, 4) is 0 Å². The van der Waals surface area contributed by atoms with Crippen LogP contribution in [0.3, 0.4) is 0 Å². The number of hydrogen-bond acceptors (Lipinski definition) is 4. The third kappa shape index (κ3) is 4.53. The SMILES string of the molecule is COC.COC1CCCCC1[N+](=O)[O-]. The average Bonchev–Trinajstić information content (AvgIpc) is 2.19. The van der Waals surface area contributed by atoms with E-state index in [1.807, 2.05) is 0 Å². The summed E-state index contributed by atoms with van der Waals surface area (Å²) in [6.45, 7) is 0. The van der Waals surface area contributed by atoms with Crippen molar-refractivity contribution in [1.29, 1.82) is 0 Å². The highest BCUT2D eigenvalue weighted by molar-refractivity contribution is 4.74. The van der Waals surface area contributed by atoms with Gasteiger partial charge in [-0.25, -0.2) is 0 Å². The first kappa shape index (κ1) is 13.3. The van der Waals surface area contributed by atoms with Crippen LogP contribution in [0.15, 0.2) is 0 Å². The molecule has 1 fully saturated rings. The molecule has 14 heavy (non-hydrogen) atoms. The molecule has 2 unspecified atom stereocenters. The molecule has 5 nitrogen and oxygen atoms in total. The first-order chi connectivity index (χ1) is 6.67. The van der Waals surface area contributed by atoms with Crippen LogP contribution in [0.2, 0.25) is 0 Å². The predicted molar refractivity (Wildman–Crippen MR) is 53.0 cm³/mol. The molecule has 1 saturated carbocycles. The van der Waals surface area contributed by atoms with E-state index in [4.69, 9.17) is 4.74 Å². The summed E-state index contributed by atoms with van der Waals surface area (Å²) < 4.78 is 9.27. The molecule has 5 heteroatoms. The number of nitrogens with zero attached hydrogens (tertiary/aromatic N) is 1. The summed E-state index contributed by atoms with van der Waals surface area (Å²) in [6.07, 6.45) is 3.38. The summed E-state index contributed by atoms with van der Waals surface area (Å²) in [7, 11) is 4.80. The minimum atomic E-state index is -0.464. The van der Waals surface area contributed by atoms with Crippen molar-refractivity contribution < 1.29 is 14.4 Å². The van der Waals surface area contributed by atoms with Crippen LogP contribution >= 0.6 is 0 Å². The van der Waals surface area contributed by atoms with E-state index in [-0.39, 0.29) is 11.0 Å². The lowest BCUT2D eigenvalue weighted by molar-refractivity contribution is -0.538. The van der Waals surface area contributed by atoms with Gasteiger partial charge in [-0.05, 0) is 12.8 Å². The lowest BCUT2D eigenvalue weighted by Crippen LogP contribution is -2.37. The van der Waals surface area contributed by atoms with Gasteiger partial charge in [0.1, 0.15) is 6.10 Å². The summed E-state index contributed by atoms with van der Waals surface area (Å²) >= 11 is 0. The van der Waals surface area contributed by atoms with E-state index in [0.717, 1.165) is 19.3 Å². The topological polar surface area (TPSA) is 61.6 Å². The molecule has 84 valence electrons. The van der Waals surface area contributed by atoms with Crippen molar-refractivity contribution in [2.75, 3.05) is 21.3 Å². The van der Waals surface area contributed by atoms with Gasteiger partial charge in [0.2, 0.25) is 6.04 Å². The van der Waals surface area contributed by atoms with Gasteiger partial charge in [0.05, 0.1) is 0 Å². The molecular formula is C9H19NO4. The van der Waals surface area contributed by atoms with E-state index in [2.05, 4.69) is 4.74 Å². The van der Waals surface area contributed by atoms with Gasteiger partial charge in [-0.15, -0.1) is 0 Å². The summed E-state index contributed by atoms with van der Waals surface area (Å²) in [5.41, 5.74) is 0. The van der Waals surface area contributed by atoms with Crippen LogP contribution in [0, 0.1) is 10.1 Å². The van der Waals surface area contributed by atoms with Crippen molar-refractivity contribution in [2.45, 2.75) is 37.8 Å². The molecule has 0 bridgehead atoms. The van der Waals surface area contributed by atoms with Crippen LogP contribution in [0.5, 0.6) is 0 Å². The fourth-order valence-electron chi connectivity index (χ4n) is 1.59. The molecule has 1 aliphatic carbocycles. The Bertz CT molecular complexity index is 163. The summed E-state index contributed by atoms with van der Waals surface area (Å²) in [5, 5.41) is 10.4. The van der Waals surface area contributed by atoms with Crippen LogP contribution in [0.25, 0.3) is 0 Å². The quantitative estimate of drug-likeness (QED) is 0.506. The molecule has 0 saturated heterocycles. The van der Waals surface area contributed by atoms with Crippen LogP contribution in [0.1, 0.15) is 25.7 Å². The maximum atomic E-state index is 10.4. The van der Waals surface area contributed by atoms with Crippen molar-refractivity contribution >= 4 is 0 Å². The van der Waals surface area contributed by atoms with Crippen molar-refractivity contribution in [3.63, 3.8) is 0 Å². The Labute approximate surface area is 84.5 Å². The largest absolute Gasteiger partial charge is 0.388 e. The van der Waals surface area contributed by atoms with Gasteiger partial charge in [-0.3, -0.25) is 10.1 Å². The second kappa shape index (κ2) is 7.70. The van der Waals surface area contributed by atoms with Gasteiger partial charge < -0.3 is 9.47 Å². The Morgan fingerprint density at radius 3 is 2.07 bits per heavy atom. The fraction of sp³-hybridized carbons (Fsp3) is 1.00. The normalized spacial score (nSPS) is 26.2. The Morgan fingerprint density at radius 1 is 1.21 bits per heavy atom. The monoisotopic (exact) mass is 205 g/mol. The summed E-state index contributed by atoms with van der Waals surface area (Å²) in [5.74, 6) is 0. The van der Waals surface area contributed by atoms with Gasteiger partial charge >= 0.3 is 0 Å². The molecule has 0 amide bonds. The van der Waals surface area contributed by atoms with E-state index in [1.54, 1.807) is 21.3 Å². The van der Waals surface area contributed by atoms with Crippen LogP contribution in [-0.4, -0.2) is 38.4 Å². The highest BCUT2D eigenvalue weighted by Gasteiger charge is 2.33. The number of rotatable bonds is 2. The van der Waals surface area contributed by atoms with E-state index in [9.17, 15) is 10.1 Å². The minimum Gasteiger partial charge on any atom is -0.388 e. The average molecular weight is 205 g/mol. The van der Waals surface area contributed by atoms with E-state index < -0.39 is 6.04 Å². The van der Waals surface area contributed by atoms with E-state index in [1.165, 1.54) is 0 Å². The predicted octanol–water partition coefficient (Wildman–Crippen LogP) is 1.48. The third-order valence-electron chi connectivity index (χ3n) is 2.24. The second-order valence-corrected chi connectivity index (χ2v) is 3.32. The first-order valence-corrected chi connectivity index (χ1v) is 4.73. The Balaban J connectivity index is 0.000000500. The number of ether oxygens (including phenoxy) is 2. The van der Waals surface area contributed by atoms with Gasteiger partial charge in [0.15, 0.2) is 0 Å². The summed E-state index contributed by atoms with van der Waals surface area (Å²) in [4.78, 5) is 10.2. The number of nitro groups is 1. The maximum absolute atomic E-state index is 10.4. The smallest absolute Gasteiger partial charge is 0.238 e. The van der Waals surface area contributed by atoms with Crippen molar-refractivity contribution in [2.24, 2.45) is 0 Å². The lowest BCUT2D eigenvalue weighted by Gasteiger charge is -2.23. The first-order valence-electron chi connectivity index (χ1n) is 4.73. The Morgan fingerprint density at radius 2 is 1.71 bits per heavy atom. The number of methoxy groups -OCH3 is 2. The fourth-order valence-corrected chi connectivity index (χ4v) is 1.59. The molecule has 0 aromatic heterocycles. The van der Waals surface area contributed by atoms with Crippen LogP contribution in [0.4, 0.5) is 0 Å². The lowest BCUT2D eigenvalue weighted by atomic mass is 9.93. The standard InChI is InChI=1S/C7H13NO3.C2H6O/c1-11-7-5-3-2-4-6(7)8(9)10;1-3-2/h6-7H,2-5H2,1H3;1-2H3. The Hall–Kier alpha value is -0.680. The molecule has 1 rings (SSSR count). The molecule has 0 heterocycles. The third-order valence-corrected chi connectivity index (χ3v) is 2.24. The van der Waals surface area contributed by atoms with Gasteiger partial charge in [0, 0.05) is 32.7 Å². The second-order valence-electron chi connectivity index (χ2n) is 3.32. The molecule has 2 atom stereocenters. The molecule has 0 radical (unpaired) electrons. The van der Waals surface area contributed by atoms with Gasteiger partial charge in [0.25, 0.3) is 0 Å². The zero-order valence-electron chi connectivity index (χ0n) is 9.06. The minimum absolute atomic E-state index is 0.154. The van der Waals surface area contributed by atoms with Crippen molar-refractivity contribution in [1.82, 2.24) is 0 Å². The maximum Gasteiger partial charge on any atom is 0.238 e.